The molecule has 0 saturated carbocycles. The number of halogens is 1. The number of hydrogen-bond donors (Lipinski definition) is 1. The molecule has 1 saturated heterocycles. The van der Waals surface area contributed by atoms with Crippen LogP contribution in [0.25, 0.3) is 0 Å². The van der Waals surface area contributed by atoms with E-state index in [2.05, 4.69) is 22.3 Å². The molecule has 0 aliphatic carbocycles. The molecule has 1 aliphatic rings. The minimum absolute atomic E-state index is 0.0409. The van der Waals surface area contributed by atoms with Gasteiger partial charge in [0, 0.05) is 11.4 Å². The zero-order valence-corrected chi connectivity index (χ0v) is 15.9. The van der Waals surface area contributed by atoms with Crippen molar-refractivity contribution in [1.29, 1.82) is 0 Å². The zero-order valence-electron chi connectivity index (χ0n) is 14.4. The fraction of sp³-hybridized carbons (Fsp3) is 0.350. The quantitative estimate of drug-likeness (QED) is 0.748. The number of amides is 1. The summed E-state index contributed by atoms with van der Waals surface area (Å²) in [5.74, 6) is -0.117. The molecule has 0 bridgehead atoms. The average molecular weight is 375 g/mol. The van der Waals surface area contributed by atoms with Crippen molar-refractivity contribution in [3.63, 3.8) is 0 Å². The molecule has 1 aliphatic heterocycles. The van der Waals surface area contributed by atoms with E-state index in [-0.39, 0.29) is 11.9 Å². The minimum Gasteiger partial charge on any atom is -0.344 e. The third-order valence-corrected chi connectivity index (χ3v) is 5.62. The maximum absolute atomic E-state index is 12.9. The lowest BCUT2D eigenvalue weighted by Crippen LogP contribution is -2.37. The zero-order chi connectivity index (χ0) is 17.6. The van der Waals surface area contributed by atoms with Crippen molar-refractivity contribution in [1.82, 2.24) is 10.2 Å². The predicted octanol–water partition coefficient (Wildman–Crippen LogP) is 4.63. The highest BCUT2D eigenvalue weighted by atomic mass is 35.5. The fourth-order valence-corrected chi connectivity index (χ4v) is 3.83. The van der Waals surface area contributed by atoms with Crippen LogP contribution in [0.4, 0.5) is 0 Å². The van der Waals surface area contributed by atoms with Crippen molar-refractivity contribution in [2.75, 3.05) is 25.9 Å². The van der Waals surface area contributed by atoms with E-state index in [9.17, 15) is 4.79 Å². The van der Waals surface area contributed by atoms with E-state index in [1.807, 2.05) is 36.6 Å². The molecule has 3 nitrogen and oxygen atoms in total. The molecule has 2 aromatic carbocycles. The van der Waals surface area contributed by atoms with E-state index in [1.165, 1.54) is 12.8 Å². The van der Waals surface area contributed by atoms with Crippen molar-refractivity contribution in [3.8, 4) is 0 Å². The van der Waals surface area contributed by atoms with Gasteiger partial charge in [-0.1, -0.05) is 41.9 Å². The lowest BCUT2D eigenvalue weighted by molar-refractivity contribution is 0.0927. The van der Waals surface area contributed by atoms with Gasteiger partial charge in [0.1, 0.15) is 0 Å². The molecule has 1 amide bonds. The van der Waals surface area contributed by atoms with Crippen LogP contribution < -0.4 is 5.32 Å². The molecule has 5 heteroatoms. The lowest BCUT2D eigenvalue weighted by Gasteiger charge is -2.25. The summed E-state index contributed by atoms with van der Waals surface area (Å²) >= 11 is 7.87. The summed E-state index contributed by atoms with van der Waals surface area (Å²) in [4.78, 5) is 16.3. The van der Waals surface area contributed by atoms with Crippen LogP contribution >= 0.6 is 23.4 Å². The largest absolute Gasteiger partial charge is 0.344 e. The Morgan fingerprint density at radius 1 is 1.20 bits per heavy atom. The van der Waals surface area contributed by atoms with Crippen LogP contribution in [-0.2, 0) is 0 Å². The standard InChI is InChI=1S/C20H23ClN2OS/c1-25-16-9-10-18(21)17(13-16)20(24)22-19(14-23-11-5-6-12-23)15-7-3-2-4-8-15/h2-4,7-10,13,19H,5-6,11-12,14H2,1H3,(H,22,24). The Morgan fingerprint density at radius 3 is 2.60 bits per heavy atom. The summed E-state index contributed by atoms with van der Waals surface area (Å²) in [5, 5.41) is 3.68. The second-order valence-corrected chi connectivity index (χ2v) is 7.58. The Hall–Kier alpha value is -1.49. The van der Waals surface area contributed by atoms with Crippen LogP contribution in [0, 0.1) is 0 Å². The number of nitrogens with one attached hydrogen (secondary N) is 1. The van der Waals surface area contributed by atoms with Gasteiger partial charge in [-0.2, -0.15) is 0 Å². The average Bonchev–Trinajstić information content (AvgIpc) is 3.15. The van der Waals surface area contributed by atoms with Gasteiger partial charge in [-0.05, 0) is 55.9 Å². The number of nitrogens with zero attached hydrogens (tertiary/aromatic N) is 1. The van der Waals surface area contributed by atoms with Gasteiger partial charge in [0.05, 0.1) is 16.6 Å². The molecule has 1 atom stereocenters. The predicted molar refractivity (Wildman–Crippen MR) is 106 cm³/mol. The smallest absolute Gasteiger partial charge is 0.253 e. The van der Waals surface area contributed by atoms with Gasteiger partial charge in [0.25, 0.3) is 5.91 Å². The number of carbonyl (C=O) groups excluding carboxylic acids is 1. The van der Waals surface area contributed by atoms with Gasteiger partial charge >= 0.3 is 0 Å². The SMILES string of the molecule is CSc1ccc(Cl)c(C(=O)NC(CN2CCCC2)c2ccccc2)c1. The van der Waals surface area contributed by atoms with Crippen LogP contribution in [0.5, 0.6) is 0 Å². The van der Waals surface area contributed by atoms with Gasteiger partial charge in [-0.3, -0.25) is 4.79 Å². The Kier molecular flexibility index (Phi) is 6.40. The van der Waals surface area contributed by atoms with Crippen LogP contribution in [0.3, 0.4) is 0 Å². The van der Waals surface area contributed by atoms with E-state index < -0.39 is 0 Å². The molecule has 1 heterocycles. The molecule has 1 unspecified atom stereocenters. The fourth-order valence-electron chi connectivity index (χ4n) is 3.18. The Balaban J connectivity index is 1.80. The summed E-state index contributed by atoms with van der Waals surface area (Å²) in [5.41, 5.74) is 1.66. The molecule has 1 fully saturated rings. The lowest BCUT2D eigenvalue weighted by atomic mass is 10.1. The van der Waals surface area contributed by atoms with Crippen LogP contribution in [-0.4, -0.2) is 36.7 Å². The number of benzene rings is 2. The first-order valence-corrected chi connectivity index (χ1v) is 10.2. The first-order valence-electron chi connectivity index (χ1n) is 8.59. The third-order valence-electron chi connectivity index (χ3n) is 4.56. The maximum Gasteiger partial charge on any atom is 0.253 e. The van der Waals surface area contributed by atoms with E-state index in [1.54, 1.807) is 17.8 Å². The molecule has 1 N–H and O–H groups in total. The van der Waals surface area contributed by atoms with E-state index in [0.29, 0.717) is 10.6 Å². The van der Waals surface area contributed by atoms with Crippen molar-refractivity contribution >= 4 is 29.3 Å². The van der Waals surface area contributed by atoms with E-state index in [4.69, 9.17) is 11.6 Å². The monoisotopic (exact) mass is 374 g/mol. The molecule has 25 heavy (non-hydrogen) atoms. The molecule has 2 aromatic rings. The van der Waals surface area contributed by atoms with Crippen LogP contribution in [0.2, 0.25) is 5.02 Å². The van der Waals surface area contributed by atoms with Crippen molar-refractivity contribution in [3.05, 3.63) is 64.7 Å². The summed E-state index contributed by atoms with van der Waals surface area (Å²) in [6.07, 6.45) is 4.46. The van der Waals surface area contributed by atoms with Gasteiger partial charge in [0.15, 0.2) is 0 Å². The summed E-state index contributed by atoms with van der Waals surface area (Å²) in [7, 11) is 0. The molecule has 3 rings (SSSR count). The highest BCUT2D eigenvalue weighted by molar-refractivity contribution is 7.98. The molecular formula is C20H23ClN2OS. The van der Waals surface area contributed by atoms with Gasteiger partial charge in [-0.25, -0.2) is 0 Å². The number of thioether (sulfide) groups is 1. The highest BCUT2D eigenvalue weighted by Crippen LogP contribution is 2.24. The number of carbonyl (C=O) groups is 1. The van der Waals surface area contributed by atoms with Crippen LogP contribution in [0.15, 0.2) is 53.4 Å². The first kappa shape index (κ1) is 18.3. The third kappa shape index (κ3) is 4.78. The number of likely N-dealkylation sites (tertiary alicyclic amines) is 1. The molecular weight excluding hydrogens is 352 g/mol. The Labute approximate surface area is 158 Å². The molecule has 132 valence electrons. The Morgan fingerprint density at radius 2 is 1.92 bits per heavy atom. The van der Waals surface area contributed by atoms with Crippen molar-refractivity contribution in [2.24, 2.45) is 0 Å². The molecule has 0 spiro atoms. The Bertz CT molecular complexity index is 717. The summed E-state index contributed by atoms with van der Waals surface area (Å²) in [6.45, 7) is 3.03. The molecule has 0 radical (unpaired) electrons. The first-order chi connectivity index (χ1) is 12.2. The maximum atomic E-state index is 12.9. The molecule has 0 aromatic heterocycles. The van der Waals surface area contributed by atoms with Gasteiger partial charge in [-0.15, -0.1) is 11.8 Å². The van der Waals surface area contributed by atoms with Crippen LogP contribution in [0.1, 0.15) is 34.8 Å². The second kappa shape index (κ2) is 8.75. The topological polar surface area (TPSA) is 32.3 Å². The number of hydrogen-bond acceptors (Lipinski definition) is 3. The van der Waals surface area contributed by atoms with Crippen molar-refractivity contribution in [2.45, 2.75) is 23.8 Å². The van der Waals surface area contributed by atoms with Gasteiger partial charge in [0.2, 0.25) is 0 Å². The minimum atomic E-state index is -0.117. The van der Waals surface area contributed by atoms with E-state index in [0.717, 1.165) is 30.1 Å². The van der Waals surface area contributed by atoms with Gasteiger partial charge < -0.3 is 10.2 Å². The second-order valence-electron chi connectivity index (χ2n) is 6.29. The normalized spacial score (nSPS) is 15.9. The van der Waals surface area contributed by atoms with E-state index >= 15 is 0 Å². The summed E-state index contributed by atoms with van der Waals surface area (Å²) < 4.78 is 0. The summed E-state index contributed by atoms with van der Waals surface area (Å²) in [6, 6.07) is 15.7. The highest BCUT2D eigenvalue weighted by Gasteiger charge is 2.22. The van der Waals surface area contributed by atoms with Crippen molar-refractivity contribution < 1.29 is 4.79 Å². The number of rotatable bonds is 6.